The van der Waals surface area contributed by atoms with E-state index in [9.17, 15) is 4.79 Å². The highest BCUT2D eigenvalue weighted by Gasteiger charge is 2.17. The molecule has 4 nitrogen and oxygen atoms in total. The number of aromatic amines is 1. The molecule has 21 heavy (non-hydrogen) atoms. The van der Waals surface area contributed by atoms with E-state index >= 15 is 0 Å². The molecule has 0 spiro atoms. The van der Waals surface area contributed by atoms with E-state index in [4.69, 9.17) is 0 Å². The first-order valence-electron chi connectivity index (χ1n) is 6.66. The number of carbonyl (C=O) groups excluding carboxylic acids is 1. The third-order valence-corrected chi connectivity index (χ3v) is 3.49. The lowest BCUT2D eigenvalue weighted by Crippen LogP contribution is -2.06. The zero-order chi connectivity index (χ0) is 14.2. The van der Waals surface area contributed by atoms with Gasteiger partial charge in [-0.15, -0.1) is 0 Å². The van der Waals surface area contributed by atoms with E-state index < -0.39 is 0 Å². The lowest BCUT2D eigenvalue weighted by molar-refractivity contribution is 0.102. The molecule has 0 saturated carbocycles. The van der Waals surface area contributed by atoms with Crippen LogP contribution in [0.25, 0.3) is 21.8 Å². The number of aromatic nitrogens is 3. The smallest absolute Gasteiger partial charge is 0.247 e. The minimum Gasteiger partial charge on any atom is -0.335 e. The van der Waals surface area contributed by atoms with Gasteiger partial charge in [0.15, 0.2) is 5.82 Å². The first-order valence-corrected chi connectivity index (χ1v) is 6.66. The standard InChI is InChI=1S/C17H11N3O/c21-16(17-19-13-7-3-4-8-14(13)20-17)15-12-6-2-1-5-11(12)9-10-18-15/h1-10H,(H,19,20). The molecule has 0 aliphatic rings. The van der Waals surface area contributed by atoms with Crippen LogP contribution in [-0.2, 0) is 0 Å². The molecule has 0 amide bonds. The van der Waals surface area contributed by atoms with Crippen LogP contribution in [0.2, 0.25) is 0 Å². The van der Waals surface area contributed by atoms with Gasteiger partial charge in [-0.25, -0.2) is 4.98 Å². The summed E-state index contributed by atoms with van der Waals surface area (Å²) in [6, 6.07) is 17.2. The van der Waals surface area contributed by atoms with Crippen LogP contribution in [0.1, 0.15) is 16.3 Å². The van der Waals surface area contributed by atoms with Crippen LogP contribution in [0.4, 0.5) is 0 Å². The fourth-order valence-electron chi connectivity index (χ4n) is 2.47. The van der Waals surface area contributed by atoms with Gasteiger partial charge in [-0.3, -0.25) is 9.78 Å². The van der Waals surface area contributed by atoms with E-state index in [0.29, 0.717) is 11.5 Å². The Morgan fingerprint density at radius 2 is 1.76 bits per heavy atom. The van der Waals surface area contributed by atoms with Gasteiger partial charge >= 0.3 is 0 Å². The second-order valence-corrected chi connectivity index (χ2v) is 4.81. The lowest BCUT2D eigenvalue weighted by Gasteiger charge is -2.02. The Morgan fingerprint density at radius 3 is 2.67 bits per heavy atom. The van der Waals surface area contributed by atoms with Crippen LogP contribution in [-0.4, -0.2) is 20.7 Å². The highest BCUT2D eigenvalue weighted by Crippen LogP contribution is 2.19. The Kier molecular flexibility index (Phi) is 2.54. The average molecular weight is 273 g/mol. The van der Waals surface area contributed by atoms with Crippen molar-refractivity contribution < 1.29 is 4.79 Å². The fourth-order valence-corrected chi connectivity index (χ4v) is 2.47. The summed E-state index contributed by atoms with van der Waals surface area (Å²) in [7, 11) is 0. The topological polar surface area (TPSA) is 58.6 Å². The van der Waals surface area contributed by atoms with Crippen molar-refractivity contribution in [2.24, 2.45) is 0 Å². The quantitative estimate of drug-likeness (QED) is 0.570. The number of benzene rings is 2. The van der Waals surface area contributed by atoms with E-state index in [1.807, 2.05) is 54.6 Å². The van der Waals surface area contributed by atoms with Gasteiger partial charge in [0.05, 0.1) is 11.0 Å². The van der Waals surface area contributed by atoms with Crippen molar-refractivity contribution in [1.29, 1.82) is 0 Å². The molecular formula is C17H11N3O. The molecule has 0 aliphatic heterocycles. The Bertz CT molecular complexity index is 934. The van der Waals surface area contributed by atoms with Crippen molar-refractivity contribution in [2.75, 3.05) is 0 Å². The van der Waals surface area contributed by atoms with Gasteiger partial charge in [-0.1, -0.05) is 36.4 Å². The van der Waals surface area contributed by atoms with Gasteiger partial charge in [0.25, 0.3) is 0 Å². The number of H-pyrrole nitrogens is 1. The number of hydrogen-bond acceptors (Lipinski definition) is 3. The molecule has 4 heteroatoms. The van der Waals surface area contributed by atoms with E-state index in [1.165, 1.54) is 0 Å². The molecule has 2 aromatic carbocycles. The molecule has 0 saturated heterocycles. The first-order chi connectivity index (χ1) is 10.3. The van der Waals surface area contributed by atoms with Crippen LogP contribution in [0.15, 0.2) is 60.8 Å². The number of ketones is 1. The molecule has 1 N–H and O–H groups in total. The van der Waals surface area contributed by atoms with Gasteiger partial charge < -0.3 is 4.98 Å². The van der Waals surface area contributed by atoms with E-state index in [1.54, 1.807) is 6.20 Å². The number of carbonyl (C=O) groups is 1. The number of fused-ring (bicyclic) bond motifs is 2. The second-order valence-electron chi connectivity index (χ2n) is 4.81. The van der Waals surface area contributed by atoms with E-state index in [-0.39, 0.29) is 5.78 Å². The zero-order valence-corrected chi connectivity index (χ0v) is 11.1. The summed E-state index contributed by atoms with van der Waals surface area (Å²) in [5, 5.41) is 1.83. The maximum absolute atomic E-state index is 12.7. The summed E-state index contributed by atoms with van der Waals surface area (Å²) in [5.41, 5.74) is 2.05. The van der Waals surface area contributed by atoms with Crippen molar-refractivity contribution in [2.45, 2.75) is 0 Å². The Labute approximate surface area is 120 Å². The molecule has 0 bridgehead atoms. The third-order valence-electron chi connectivity index (χ3n) is 3.49. The number of nitrogens with zero attached hydrogens (tertiary/aromatic N) is 2. The molecule has 0 fully saturated rings. The van der Waals surface area contributed by atoms with Crippen LogP contribution in [0.3, 0.4) is 0 Å². The van der Waals surface area contributed by atoms with Crippen LogP contribution in [0.5, 0.6) is 0 Å². The molecule has 4 aromatic rings. The largest absolute Gasteiger partial charge is 0.335 e. The lowest BCUT2D eigenvalue weighted by atomic mass is 10.1. The third kappa shape index (κ3) is 1.89. The van der Waals surface area contributed by atoms with Crippen molar-refractivity contribution in [1.82, 2.24) is 15.0 Å². The second kappa shape index (κ2) is 4.52. The van der Waals surface area contributed by atoms with Crippen LogP contribution in [0, 0.1) is 0 Å². The molecule has 0 aliphatic carbocycles. The highest BCUT2D eigenvalue weighted by molar-refractivity contribution is 6.14. The number of para-hydroxylation sites is 2. The Hall–Kier alpha value is -3.01. The molecule has 2 heterocycles. The van der Waals surface area contributed by atoms with Crippen molar-refractivity contribution in [3.63, 3.8) is 0 Å². The molecule has 0 radical (unpaired) electrons. The molecule has 100 valence electrons. The fraction of sp³-hybridized carbons (Fsp3) is 0. The maximum Gasteiger partial charge on any atom is 0.247 e. The maximum atomic E-state index is 12.7. The average Bonchev–Trinajstić information content (AvgIpc) is 2.97. The number of rotatable bonds is 2. The summed E-state index contributed by atoms with van der Waals surface area (Å²) < 4.78 is 0. The van der Waals surface area contributed by atoms with E-state index in [2.05, 4.69) is 15.0 Å². The molecular weight excluding hydrogens is 262 g/mol. The molecule has 0 atom stereocenters. The number of pyridine rings is 1. The van der Waals surface area contributed by atoms with Crippen molar-refractivity contribution in [3.8, 4) is 0 Å². The Balaban J connectivity index is 1.90. The molecule has 4 rings (SSSR count). The predicted molar refractivity (Wildman–Crippen MR) is 81.3 cm³/mol. The normalized spacial score (nSPS) is 11.0. The van der Waals surface area contributed by atoms with Gasteiger partial charge in [-0.05, 0) is 23.6 Å². The number of imidazole rings is 1. The number of nitrogens with one attached hydrogen (secondary N) is 1. The van der Waals surface area contributed by atoms with E-state index in [0.717, 1.165) is 21.8 Å². The first kappa shape index (κ1) is 11.8. The monoisotopic (exact) mass is 273 g/mol. The summed E-state index contributed by atoms with van der Waals surface area (Å²) in [5.74, 6) is 0.128. The molecule has 0 unspecified atom stereocenters. The van der Waals surface area contributed by atoms with Crippen LogP contribution < -0.4 is 0 Å². The van der Waals surface area contributed by atoms with Gasteiger partial charge in [0.2, 0.25) is 5.78 Å². The van der Waals surface area contributed by atoms with Gasteiger partial charge in [0, 0.05) is 11.6 Å². The number of hydrogen-bond donors (Lipinski definition) is 1. The van der Waals surface area contributed by atoms with Crippen molar-refractivity contribution in [3.05, 3.63) is 72.3 Å². The summed E-state index contributed by atoms with van der Waals surface area (Å²) in [6.07, 6.45) is 1.65. The predicted octanol–water partition coefficient (Wildman–Crippen LogP) is 3.34. The summed E-state index contributed by atoms with van der Waals surface area (Å²) >= 11 is 0. The minimum absolute atomic E-state index is 0.192. The summed E-state index contributed by atoms with van der Waals surface area (Å²) in [4.78, 5) is 24.3. The van der Waals surface area contributed by atoms with Gasteiger partial charge in [0.1, 0.15) is 5.69 Å². The molecule has 2 aromatic heterocycles. The van der Waals surface area contributed by atoms with Crippen LogP contribution >= 0.6 is 0 Å². The Morgan fingerprint density at radius 1 is 0.952 bits per heavy atom. The minimum atomic E-state index is -0.192. The van der Waals surface area contributed by atoms with Crippen molar-refractivity contribution >= 4 is 27.6 Å². The zero-order valence-electron chi connectivity index (χ0n) is 11.1. The highest BCUT2D eigenvalue weighted by atomic mass is 16.1. The SMILES string of the molecule is O=C(c1nc2ccccc2[nH]1)c1nccc2ccccc12. The van der Waals surface area contributed by atoms with Gasteiger partial charge in [-0.2, -0.15) is 0 Å². The summed E-state index contributed by atoms with van der Waals surface area (Å²) in [6.45, 7) is 0.